The molecule has 10 nitrogen and oxygen atoms in total. The molecule has 1 saturated heterocycles. The topological polar surface area (TPSA) is 117 Å². The summed E-state index contributed by atoms with van der Waals surface area (Å²) in [5, 5.41) is 11.4. The van der Waals surface area contributed by atoms with Gasteiger partial charge in [-0.25, -0.2) is 23.7 Å². The fourth-order valence-corrected chi connectivity index (χ4v) is 4.58. The smallest absolute Gasteiger partial charge is 0.261 e. The van der Waals surface area contributed by atoms with Crippen molar-refractivity contribution in [1.82, 2.24) is 39.4 Å². The molecule has 1 fully saturated rings. The van der Waals surface area contributed by atoms with Gasteiger partial charge in [0.25, 0.3) is 5.56 Å². The number of rotatable bonds is 4. The number of fused-ring (bicyclic) bond motifs is 3. The summed E-state index contributed by atoms with van der Waals surface area (Å²) in [6.45, 7) is 2.04. The lowest BCUT2D eigenvalue weighted by Crippen LogP contribution is -2.29. The van der Waals surface area contributed by atoms with Gasteiger partial charge in [0.2, 0.25) is 5.95 Å². The minimum absolute atomic E-state index is 0.0759. The molecule has 0 aliphatic carbocycles. The van der Waals surface area contributed by atoms with Crippen molar-refractivity contribution in [1.29, 1.82) is 0 Å². The Labute approximate surface area is 203 Å². The number of anilines is 2. The second-order valence-electron chi connectivity index (χ2n) is 8.89. The molecule has 1 aromatic carbocycles. The summed E-state index contributed by atoms with van der Waals surface area (Å²) in [4.78, 5) is 29.4. The molecule has 6 rings (SSSR count). The standard InChI is InChI=1S/C24H21F2N9O/c1-34-6-4-13(5-7-34)17-2-3-19(33-32-17)29-24-28-10-16(26)22(31-24)14-8-15(25)21-18(9-14)35-12-27-11-20(35)30-23(21)36/h2-3,8-13H,4-7H2,1H3,(H,30,36)(H,28,29,31,33). The van der Waals surface area contributed by atoms with Gasteiger partial charge in [0.1, 0.15) is 23.5 Å². The van der Waals surface area contributed by atoms with E-state index in [-0.39, 0.29) is 28.1 Å². The van der Waals surface area contributed by atoms with Gasteiger partial charge >= 0.3 is 0 Å². The van der Waals surface area contributed by atoms with E-state index in [9.17, 15) is 13.6 Å². The van der Waals surface area contributed by atoms with Crippen LogP contribution in [-0.4, -0.2) is 59.6 Å². The van der Waals surface area contributed by atoms with Crippen molar-refractivity contribution in [3.05, 3.63) is 70.7 Å². The first-order valence-corrected chi connectivity index (χ1v) is 11.5. The first kappa shape index (κ1) is 22.2. The highest BCUT2D eigenvalue weighted by molar-refractivity contribution is 5.85. The molecule has 1 aliphatic rings. The van der Waals surface area contributed by atoms with E-state index in [0.29, 0.717) is 17.4 Å². The number of nitrogens with one attached hydrogen (secondary N) is 2. The van der Waals surface area contributed by atoms with Crippen molar-refractivity contribution in [2.45, 2.75) is 18.8 Å². The Morgan fingerprint density at radius 1 is 1.08 bits per heavy atom. The van der Waals surface area contributed by atoms with Crippen LogP contribution in [0.2, 0.25) is 0 Å². The Morgan fingerprint density at radius 2 is 1.92 bits per heavy atom. The lowest BCUT2D eigenvalue weighted by atomic mass is 9.94. The van der Waals surface area contributed by atoms with Gasteiger partial charge in [-0.05, 0) is 57.2 Å². The number of aromatic amines is 1. The molecule has 36 heavy (non-hydrogen) atoms. The minimum Gasteiger partial charge on any atom is -0.307 e. The lowest BCUT2D eigenvalue weighted by Gasteiger charge is -2.28. The van der Waals surface area contributed by atoms with Crippen LogP contribution in [-0.2, 0) is 0 Å². The van der Waals surface area contributed by atoms with Crippen LogP contribution in [0.15, 0.2) is 47.8 Å². The molecule has 0 saturated carbocycles. The predicted molar refractivity (Wildman–Crippen MR) is 129 cm³/mol. The van der Waals surface area contributed by atoms with Crippen LogP contribution >= 0.6 is 0 Å². The maximum Gasteiger partial charge on any atom is 0.261 e. The van der Waals surface area contributed by atoms with Crippen LogP contribution < -0.4 is 10.9 Å². The largest absolute Gasteiger partial charge is 0.307 e. The van der Waals surface area contributed by atoms with Gasteiger partial charge in [-0.15, -0.1) is 5.10 Å². The molecule has 2 N–H and O–H groups in total. The molecule has 0 bridgehead atoms. The molecular weight excluding hydrogens is 468 g/mol. The summed E-state index contributed by atoms with van der Waals surface area (Å²) in [6.07, 6.45) is 5.94. The molecule has 0 spiro atoms. The van der Waals surface area contributed by atoms with E-state index in [4.69, 9.17) is 0 Å². The number of imidazole rings is 1. The fourth-order valence-electron chi connectivity index (χ4n) is 4.58. The van der Waals surface area contributed by atoms with Gasteiger partial charge < -0.3 is 15.2 Å². The normalized spacial score (nSPS) is 15.1. The molecule has 0 amide bonds. The number of benzene rings is 1. The highest BCUT2D eigenvalue weighted by Crippen LogP contribution is 2.28. The fraction of sp³-hybridized carbons (Fsp3) is 0.250. The Kier molecular flexibility index (Phi) is 5.37. The number of halogens is 2. The van der Waals surface area contributed by atoms with E-state index < -0.39 is 17.2 Å². The molecule has 0 unspecified atom stereocenters. The van der Waals surface area contributed by atoms with E-state index in [0.717, 1.165) is 43.9 Å². The number of aromatic nitrogens is 7. The second kappa shape index (κ2) is 8.72. The number of piperidine rings is 1. The van der Waals surface area contributed by atoms with E-state index in [1.54, 1.807) is 6.07 Å². The van der Waals surface area contributed by atoms with Crippen LogP contribution in [0, 0.1) is 11.6 Å². The van der Waals surface area contributed by atoms with Crippen molar-refractivity contribution >= 4 is 28.3 Å². The zero-order valence-electron chi connectivity index (χ0n) is 19.2. The summed E-state index contributed by atoms with van der Waals surface area (Å²) in [7, 11) is 2.11. The van der Waals surface area contributed by atoms with Crippen LogP contribution in [0.3, 0.4) is 0 Å². The molecule has 5 aromatic rings. The van der Waals surface area contributed by atoms with E-state index >= 15 is 0 Å². The van der Waals surface area contributed by atoms with E-state index in [1.165, 1.54) is 23.0 Å². The zero-order chi connectivity index (χ0) is 24.8. The van der Waals surface area contributed by atoms with Crippen molar-refractivity contribution in [3.8, 4) is 11.3 Å². The number of hydrogen-bond donors (Lipinski definition) is 2. The minimum atomic E-state index is -0.803. The SMILES string of the molecule is CN1CCC(c2ccc(Nc3ncc(F)c(-c4cc(F)c5c(=O)[nH]c6cncn6c5c4)n3)nn2)CC1. The molecular formula is C24H21F2N9O. The first-order chi connectivity index (χ1) is 17.5. The maximum atomic E-state index is 15.0. The molecule has 0 atom stereocenters. The Balaban J connectivity index is 1.32. The van der Waals surface area contributed by atoms with Crippen LogP contribution in [0.1, 0.15) is 24.5 Å². The lowest BCUT2D eigenvalue weighted by molar-refractivity contribution is 0.253. The molecule has 12 heteroatoms. The van der Waals surface area contributed by atoms with Gasteiger partial charge in [-0.1, -0.05) is 0 Å². The van der Waals surface area contributed by atoms with Gasteiger partial charge in [-0.3, -0.25) is 9.20 Å². The monoisotopic (exact) mass is 489 g/mol. The summed E-state index contributed by atoms with van der Waals surface area (Å²) < 4.78 is 31.2. The van der Waals surface area contributed by atoms with Crippen molar-refractivity contribution < 1.29 is 8.78 Å². The van der Waals surface area contributed by atoms with Crippen LogP contribution in [0.25, 0.3) is 27.8 Å². The number of H-pyrrole nitrogens is 1. The number of nitrogens with zero attached hydrogens (tertiary/aromatic N) is 7. The first-order valence-electron chi connectivity index (χ1n) is 11.5. The van der Waals surface area contributed by atoms with E-state index in [1.807, 2.05) is 6.07 Å². The average molecular weight is 489 g/mol. The molecule has 182 valence electrons. The molecule has 0 radical (unpaired) electrons. The average Bonchev–Trinajstić information content (AvgIpc) is 3.34. The summed E-state index contributed by atoms with van der Waals surface area (Å²) in [5.74, 6) is -0.696. The summed E-state index contributed by atoms with van der Waals surface area (Å²) in [6, 6.07) is 6.27. The van der Waals surface area contributed by atoms with Crippen LogP contribution in [0.5, 0.6) is 0 Å². The highest BCUT2D eigenvalue weighted by Gasteiger charge is 2.20. The Bertz CT molecular complexity index is 1640. The molecule has 4 aromatic heterocycles. The number of hydrogen-bond acceptors (Lipinski definition) is 8. The zero-order valence-corrected chi connectivity index (χ0v) is 19.2. The highest BCUT2D eigenvalue weighted by atomic mass is 19.1. The maximum absolute atomic E-state index is 15.0. The van der Waals surface area contributed by atoms with Crippen molar-refractivity contribution in [2.24, 2.45) is 0 Å². The predicted octanol–water partition coefficient (Wildman–Crippen LogP) is 3.25. The van der Waals surface area contributed by atoms with Gasteiger partial charge in [0.15, 0.2) is 11.6 Å². The van der Waals surface area contributed by atoms with E-state index in [2.05, 4.69) is 47.4 Å². The third-order valence-corrected chi connectivity index (χ3v) is 6.52. The van der Waals surface area contributed by atoms with Crippen LogP contribution in [0.4, 0.5) is 20.5 Å². The summed E-state index contributed by atoms with van der Waals surface area (Å²) >= 11 is 0. The quantitative estimate of drug-likeness (QED) is 0.395. The Morgan fingerprint density at radius 3 is 2.69 bits per heavy atom. The molecule has 5 heterocycles. The Hall–Kier alpha value is -4.32. The summed E-state index contributed by atoms with van der Waals surface area (Å²) in [5.41, 5.74) is 0.975. The van der Waals surface area contributed by atoms with Gasteiger partial charge in [-0.2, -0.15) is 5.10 Å². The third-order valence-electron chi connectivity index (χ3n) is 6.52. The van der Waals surface area contributed by atoms with Gasteiger partial charge in [0, 0.05) is 11.5 Å². The third kappa shape index (κ3) is 3.94. The number of likely N-dealkylation sites (tertiary alicyclic amines) is 1. The second-order valence-corrected chi connectivity index (χ2v) is 8.89. The van der Waals surface area contributed by atoms with Crippen molar-refractivity contribution in [3.63, 3.8) is 0 Å². The van der Waals surface area contributed by atoms with Crippen molar-refractivity contribution in [2.75, 3.05) is 25.5 Å². The van der Waals surface area contributed by atoms with Gasteiger partial charge in [0.05, 0.1) is 29.0 Å². The molecule has 1 aliphatic heterocycles.